The van der Waals surface area contributed by atoms with E-state index in [-0.39, 0.29) is 12.3 Å². The maximum Gasteiger partial charge on any atom is 0.224 e. The summed E-state index contributed by atoms with van der Waals surface area (Å²) in [6, 6.07) is 11.6. The number of nitrogens with one attached hydrogen (secondary N) is 1. The van der Waals surface area contributed by atoms with E-state index in [4.69, 9.17) is 0 Å². The molecule has 3 rings (SSSR count). The van der Waals surface area contributed by atoms with Crippen LogP contribution in [0.1, 0.15) is 31.2 Å². The van der Waals surface area contributed by atoms with E-state index in [0.29, 0.717) is 12.0 Å². The van der Waals surface area contributed by atoms with Crippen LogP contribution in [-0.4, -0.2) is 19.0 Å². The van der Waals surface area contributed by atoms with Crippen molar-refractivity contribution in [2.75, 3.05) is 23.3 Å². The molecule has 2 aromatic carbocycles. The molecule has 1 heterocycles. The van der Waals surface area contributed by atoms with Gasteiger partial charge in [0.05, 0.1) is 0 Å². The van der Waals surface area contributed by atoms with Crippen LogP contribution in [0.2, 0.25) is 0 Å². The van der Waals surface area contributed by atoms with Crippen molar-refractivity contribution in [2.24, 2.45) is 0 Å². The van der Waals surface area contributed by atoms with Gasteiger partial charge in [-0.05, 0) is 67.6 Å². The van der Waals surface area contributed by atoms with Gasteiger partial charge in [0, 0.05) is 30.9 Å². The molecule has 1 fully saturated rings. The minimum Gasteiger partial charge on any atom is -0.372 e. The average Bonchev–Trinajstić information content (AvgIpc) is 2.64. The third-order valence-corrected chi connectivity index (χ3v) is 4.50. The predicted octanol–water partition coefficient (Wildman–Crippen LogP) is 4.53. The van der Waals surface area contributed by atoms with Crippen molar-refractivity contribution in [3.63, 3.8) is 0 Å². The van der Waals surface area contributed by atoms with Crippen LogP contribution >= 0.6 is 0 Å². The first kappa shape index (κ1) is 17.4. The molecule has 0 atom stereocenters. The first-order chi connectivity index (χ1) is 12.1. The van der Waals surface area contributed by atoms with Crippen LogP contribution in [-0.2, 0) is 11.2 Å². The molecule has 5 heteroatoms. The van der Waals surface area contributed by atoms with E-state index in [9.17, 15) is 13.6 Å². The number of halogens is 2. The molecule has 0 unspecified atom stereocenters. The smallest absolute Gasteiger partial charge is 0.224 e. The number of rotatable bonds is 5. The number of aryl methyl sites for hydroxylation is 1. The summed E-state index contributed by atoms with van der Waals surface area (Å²) in [5, 5.41) is 2.84. The molecule has 1 amide bonds. The van der Waals surface area contributed by atoms with Crippen LogP contribution in [0, 0.1) is 11.6 Å². The van der Waals surface area contributed by atoms with Crippen molar-refractivity contribution in [1.82, 2.24) is 0 Å². The summed E-state index contributed by atoms with van der Waals surface area (Å²) in [6.45, 7) is 2.17. The van der Waals surface area contributed by atoms with Crippen LogP contribution in [0.5, 0.6) is 0 Å². The van der Waals surface area contributed by atoms with Gasteiger partial charge in [-0.15, -0.1) is 0 Å². The SMILES string of the molecule is O=C(CCc1ccc(F)c(F)c1)Nc1ccc(N2CCCCC2)cc1. The largest absolute Gasteiger partial charge is 0.372 e. The lowest BCUT2D eigenvalue weighted by Crippen LogP contribution is -2.29. The Morgan fingerprint density at radius 2 is 1.68 bits per heavy atom. The highest BCUT2D eigenvalue weighted by molar-refractivity contribution is 5.91. The second-order valence-electron chi connectivity index (χ2n) is 6.39. The van der Waals surface area contributed by atoms with E-state index in [0.717, 1.165) is 30.9 Å². The predicted molar refractivity (Wildman–Crippen MR) is 95.8 cm³/mol. The van der Waals surface area contributed by atoms with Gasteiger partial charge in [0.1, 0.15) is 0 Å². The molecule has 0 bridgehead atoms. The summed E-state index contributed by atoms with van der Waals surface area (Å²) in [7, 11) is 0. The number of amides is 1. The summed E-state index contributed by atoms with van der Waals surface area (Å²) in [5.74, 6) is -1.90. The van der Waals surface area contributed by atoms with Gasteiger partial charge in [-0.25, -0.2) is 8.78 Å². The van der Waals surface area contributed by atoms with Gasteiger partial charge in [-0.1, -0.05) is 6.07 Å². The molecule has 0 saturated carbocycles. The highest BCUT2D eigenvalue weighted by Gasteiger charge is 2.11. The standard InChI is InChI=1S/C20H22F2N2O/c21-18-10-4-15(14-19(18)22)5-11-20(25)23-16-6-8-17(9-7-16)24-12-2-1-3-13-24/h4,6-10,14H,1-3,5,11-13H2,(H,23,25). The van der Waals surface area contributed by atoms with Crippen LogP contribution in [0.15, 0.2) is 42.5 Å². The Bertz CT molecular complexity index is 725. The molecule has 3 nitrogen and oxygen atoms in total. The zero-order chi connectivity index (χ0) is 17.6. The van der Waals surface area contributed by atoms with E-state index in [1.807, 2.05) is 24.3 Å². The maximum atomic E-state index is 13.2. The van der Waals surface area contributed by atoms with Crippen molar-refractivity contribution in [1.29, 1.82) is 0 Å². The Morgan fingerprint density at radius 1 is 0.960 bits per heavy atom. The first-order valence-corrected chi connectivity index (χ1v) is 8.70. The Labute approximate surface area is 146 Å². The molecule has 0 radical (unpaired) electrons. The van der Waals surface area contributed by atoms with Gasteiger partial charge < -0.3 is 10.2 Å². The van der Waals surface area contributed by atoms with E-state index < -0.39 is 11.6 Å². The average molecular weight is 344 g/mol. The molecule has 1 aliphatic rings. The number of anilines is 2. The Morgan fingerprint density at radius 3 is 2.36 bits per heavy atom. The summed E-state index contributed by atoms with van der Waals surface area (Å²) in [6.07, 6.45) is 4.33. The van der Waals surface area contributed by atoms with E-state index in [1.54, 1.807) is 0 Å². The van der Waals surface area contributed by atoms with Crippen LogP contribution in [0.3, 0.4) is 0 Å². The quantitative estimate of drug-likeness (QED) is 0.864. The lowest BCUT2D eigenvalue weighted by molar-refractivity contribution is -0.116. The van der Waals surface area contributed by atoms with Gasteiger partial charge in [0.15, 0.2) is 11.6 Å². The number of hydrogen-bond donors (Lipinski definition) is 1. The molecule has 25 heavy (non-hydrogen) atoms. The molecular weight excluding hydrogens is 322 g/mol. The monoisotopic (exact) mass is 344 g/mol. The highest BCUT2D eigenvalue weighted by atomic mass is 19.2. The fourth-order valence-corrected chi connectivity index (χ4v) is 3.08. The molecular formula is C20H22F2N2O. The highest BCUT2D eigenvalue weighted by Crippen LogP contribution is 2.22. The molecule has 1 aliphatic heterocycles. The lowest BCUT2D eigenvalue weighted by Gasteiger charge is -2.28. The fourth-order valence-electron chi connectivity index (χ4n) is 3.08. The Kier molecular flexibility index (Phi) is 5.64. The van der Waals surface area contributed by atoms with Crippen molar-refractivity contribution in [2.45, 2.75) is 32.1 Å². The molecule has 2 aromatic rings. The van der Waals surface area contributed by atoms with E-state index in [2.05, 4.69) is 10.2 Å². The van der Waals surface area contributed by atoms with Crippen molar-refractivity contribution in [3.05, 3.63) is 59.7 Å². The number of benzene rings is 2. The Hall–Kier alpha value is -2.43. The normalized spacial score (nSPS) is 14.4. The van der Waals surface area contributed by atoms with E-state index >= 15 is 0 Å². The molecule has 0 aliphatic carbocycles. The zero-order valence-corrected chi connectivity index (χ0v) is 14.1. The topological polar surface area (TPSA) is 32.3 Å². The van der Waals surface area contributed by atoms with Gasteiger partial charge in [-0.3, -0.25) is 4.79 Å². The maximum absolute atomic E-state index is 13.2. The van der Waals surface area contributed by atoms with Crippen molar-refractivity contribution in [3.8, 4) is 0 Å². The first-order valence-electron chi connectivity index (χ1n) is 8.70. The third kappa shape index (κ3) is 4.78. The van der Waals surface area contributed by atoms with Crippen LogP contribution < -0.4 is 10.2 Å². The summed E-state index contributed by atoms with van der Waals surface area (Å²) in [5.41, 5.74) is 2.53. The van der Waals surface area contributed by atoms with Crippen LogP contribution in [0.4, 0.5) is 20.2 Å². The number of carbonyl (C=O) groups excluding carboxylic acids is 1. The molecule has 1 N–H and O–H groups in total. The minimum atomic E-state index is -0.883. The second kappa shape index (κ2) is 8.10. The van der Waals surface area contributed by atoms with Crippen LogP contribution in [0.25, 0.3) is 0 Å². The summed E-state index contributed by atoms with van der Waals surface area (Å²) >= 11 is 0. The van der Waals surface area contributed by atoms with E-state index in [1.165, 1.54) is 31.0 Å². The third-order valence-electron chi connectivity index (χ3n) is 4.50. The summed E-state index contributed by atoms with van der Waals surface area (Å²) < 4.78 is 26.1. The number of piperidine rings is 1. The van der Waals surface area contributed by atoms with Gasteiger partial charge in [-0.2, -0.15) is 0 Å². The lowest BCUT2D eigenvalue weighted by atomic mass is 10.1. The fraction of sp³-hybridized carbons (Fsp3) is 0.350. The number of carbonyl (C=O) groups is 1. The number of hydrogen-bond acceptors (Lipinski definition) is 2. The van der Waals surface area contributed by atoms with Gasteiger partial charge in [0.2, 0.25) is 5.91 Å². The molecule has 0 spiro atoms. The summed E-state index contributed by atoms with van der Waals surface area (Å²) in [4.78, 5) is 14.4. The zero-order valence-electron chi connectivity index (χ0n) is 14.1. The minimum absolute atomic E-state index is 0.143. The molecule has 132 valence electrons. The van der Waals surface area contributed by atoms with Gasteiger partial charge in [0.25, 0.3) is 0 Å². The molecule has 1 saturated heterocycles. The second-order valence-corrected chi connectivity index (χ2v) is 6.39. The number of nitrogens with zero attached hydrogens (tertiary/aromatic N) is 1. The Balaban J connectivity index is 1.51. The van der Waals surface area contributed by atoms with Gasteiger partial charge >= 0.3 is 0 Å². The van der Waals surface area contributed by atoms with Crippen molar-refractivity contribution >= 4 is 17.3 Å². The molecule has 0 aromatic heterocycles. The van der Waals surface area contributed by atoms with Crippen molar-refractivity contribution < 1.29 is 13.6 Å².